The minimum atomic E-state index is -0.0754. The van der Waals surface area contributed by atoms with Gasteiger partial charge >= 0.3 is 6.03 Å². The molecule has 1 fully saturated rings. The standard InChI is InChI=1S/C9H18N2O2/c1-7(13-2)6-10-9(12)11-8-4-3-5-8/h7-8H,3-6H2,1-2H3,(H2,10,11,12). The summed E-state index contributed by atoms with van der Waals surface area (Å²) in [7, 11) is 1.64. The maximum atomic E-state index is 11.2. The van der Waals surface area contributed by atoms with Crippen LogP contribution in [0.4, 0.5) is 4.79 Å². The lowest BCUT2D eigenvalue weighted by Crippen LogP contribution is -2.46. The van der Waals surface area contributed by atoms with Crippen molar-refractivity contribution in [3.8, 4) is 0 Å². The van der Waals surface area contributed by atoms with Crippen molar-refractivity contribution in [2.45, 2.75) is 38.3 Å². The highest BCUT2D eigenvalue weighted by Gasteiger charge is 2.19. The van der Waals surface area contributed by atoms with E-state index in [2.05, 4.69) is 10.6 Å². The minimum absolute atomic E-state index is 0.0754. The number of ether oxygens (including phenoxy) is 1. The van der Waals surface area contributed by atoms with Crippen LogP contribution in [-0.2, 0) is 4.74 Å². The first-order chi connectivity index (χ1) is 6.22. The highest BCUT2D eigenvalue weighted by atomic mass is 16.5. The second-order valence-corrected chi connectivity index (χ2v) is 3.53. The number of hydrogen-bond acceptors (Lipinski definition) is 2. The van der Waals surface area contributed by atoms with Gasteiger partial charge in [0.2, 0.25) is 0 Å². The number of amides is 2. The molecule has 0 aromatic carbocycles. The Kier molecular flexibility index (Phi) is 4.02. The van der Waals surface area contributed by atoms with Crippen molar-refractivity contribution in [1.29, 1.82) is 0 Å². The zero-order valence-electron chi connectivity index (χ0n) is 8.30. The van der Waals surface area contributed by atoms with Crippen molar-refractivity contribution in [1.82, 2.24) is 10.6 Å². The van der Waals surface area contributed by atoms with Crippen molar-refractivity contribution in [3.63, 3.8) is 0 Å². The number of urea groups is 1. The Morgan fingerprint density at radius 3 is 2.77 bits per heavy atom. The maximum absolute atomic E-state index is 11.2. The largest absolute Gasteiger partial charge is 0.380 e. The number of carbonyl (C=O) groups is 1. The maximum Gasteiger partial charge on any atom is 0.315 e. The number of rotatable bonds is 4. The van der Waals surface area contributed by atoms with Crippen LogP contribution in [0, 0.1) is 0 Å². The predicted octanol–water partition coefficient (Wildman–Crippen LogP) is 0.873. The fourth-order valence-corrected chi connectivity index (χ4v) is 1.11. The number of hydrogen-bond donors (Lipinski definition) is 2. The van der Waals surface area contributed by atoms with E-state index in [9.17, 15) is 4.79 Å². The molecular weight excluding hydrogens is 168 g/mol. The Hall–Kier alpha value is -0.770. The first kappa shape index (κ1) is 10.3. The van der Waals surface area contributed by atoms with Crippen LogP contribution in [0.25, 0.3) is 0 Å². The van der Waals surface area contributed by atoms with Crippen molar-refractivity contribution >= 4 is 6.03 Å². The molecule has 0 aromatic rings. The van der Waals surface area contributed by atoms with E-state index in [1.807, 2.05) is 6.92 Å². The van der Waals surface area contributed by atoms with E-state index in [0.29, 0.717) is 12.6 Å². The summed E-state index contributed by atoms with van der Waals surface area (Å²) in [6.45, 7) is 2.48. The van der Waals surface area contributed by atoms with Crippen LogP contribution >= 0.6 is 0 Å². The second-order valence-electron chi connectivity index (χ2n) is 3.53. The summed E-state index contributed by atoms with van der Waals surface area (Å²) in [6, 6.07) is 0.325. The lowest BCUT2D eigenvalue weighted by atomic mass is 9.93. The van der Waals surface area contributed by atoms with E-state index < -0.39 is 0 Å². The Morgan fingerprint density at radius 2 is 2.31 bits per heavy atom. The molecule has 4 heteroatoms. The Bertz CT molecular complexity index is 169. The Morgan fingerprint density at radius 1 is 1.62 bits per heavy atom. The van der Waals surface area contributed by atoms with E-state index in [1.54, 1.807) is 7.11 Å². The van der Waals surface area contributed by atoms with Gasteiger partial charge in [0.05, 0.1) is 6.10 Å². The van der Waals surface area contributed by atoms with Crippen LogP contribution in [0.15, 0.2) is 0 Å². The molecule has 0 heterocycles. The van der Waals surface area contributed by atoms with Crippen molar-refractivity contribution in [2.75, 3.05) is 13.7 Å². The van der Waals surface area contributed by atoms with E-state index in [1.165, 1.54) is 6.42 Å². The van der Waals surface area contributed by atoms with Crippen molar-refractivity contribution in [3.05, 3.63) is 0 Å². The summed E-state index contributed by atoms with van der Waals surface area (Å²) in [4.78, 5) is 11.2. The minimum Gasteiger partial charge on any atom is -0.380 e. The summed E-state index contributed by atoms with van der Waals surface area (Å²) >= 11 is 0. The van der Waals surface area contributed by atoms with E-state index in [0.717, 1.165) is 12.8 Å². The molecule has 1 unspecified atom stereocenters. The van der Waals surface area contributed by atoms with Crippen LogP contribution in [0.3, 0.4) is 0 Å². The molecule has 1 aliphatic carbocycles. The van der Waals surface area contributed by atoms with Crippen LogP contribution < -0.4 is 10.6 Å². The topological polar surface area (TPSA) is 50.4 Å². The molecule has 0 radical (unpaired) electrons. The van der Waals surface area contributed by atoms with E-state index >= 15 is 0 Å². The molecule has 1 aliphatic rings. The molecule has 0 saturated heterocycles. The van der Waals surface area contributed by atoms with E-state index in [-0.39, 0.29) is 12.1 Å². The summed E-state index contributed by atoms with van der Waals surface area (Å²) in [6.07, 6.45) is 3.55. The van der Waals surface area contributed by atoms with Gasteiger partial charge in [0, 0.05) is 19.7 Å². The monoisotopic (exact) mass is 186 g/mol. The van der Waals surface area contributed by atoms with Crippen molar-refractivity contribution < 1.29 is 9.53 Å². The molecule has 1 saturated carbocycles. The van der Waals surface area contributed by atoms with Gasteiger partial charge in [-0.05, 0) is 26.2 Å². The molecule has 0 bridgehead atoms. The normalized spacial score (nSPS) is 18.9. The molecule has 0 aromatic heterocycles. The summed E-state index contributed by atoms with van der Waals surface area (Å²) < 4.78 is 5.00. The van der Waals surface area contributed by atoms with Gasteiger partial charge in [0.25, 0.3) is 0 Å². The Labute approximate surface area is 79.0 Å². The van der Waals surface area contributed by atoms with Crippen LogP contribution in [0.5, 0.6) is 0 Å². The molecule has 1 rings (SSSR count). The average Bonchev–Trinajstić information content (AvgIpc) is 2.07. The smallest absolute Gasteiger partial charge is 0.315 e. The van der Waals surface area contributed by atoms with Gasteiger partial charge in [-0.2, -0.15) is 0 Å². The lowest BCUT2D eigenvalue weighted by Gasteiger charge is -2.26. The zero-order chi connectivity index (χ0) is 9.68. The number of carbonyl (C=O) groups excluding carboxylic acids is 1. The predicted molar refractivity (Wildman–Crippen MR) is 50.6 cm³/mol. The second kappa shape index (κ2) is 5.07. The number of methoxy groups -OCH3 is 1. The van der Waals surface area contributed by atoms with Gasteiger partial charge < -0.3 is 15.4 Å². The van der Waals surface area contributed by atoms with Crippen LogP contribution in [0.2, 0.25) is 0 Å². The SMILES string of the molecule is COC(C)CNC(=O)NC1CCC1. The highest BCUT2D eigenvalue weighted by Crippen LogP contribution is 2.17. The van der Waals surface area contributed by atoms with Crippen LogP contribution in [0.1, 0.15) is 26.2 Å². The summed E-state index contributed by atoms with van der Waals surface area (Å²) in [5.74, 6) is 0. The summed E-state index contributed by atoms with van der Waals surface area (Å²) in [5.41, 5.74) is 0. The fraction of sp³-hybridized carbons (Fsp3) is 0.889. The van der Waals surface area contributed by atoms with Gasteiger partial charge in [0.1, 0.15) is 0 Å². The Balaban J connectivity index is 2.03. The lowest BCUT2D eigenvalue weighted by molar-refractivity contribution is 0.118. The van der Waals surface area contributed by atoms with E-state index in [4.69, 9.17) is 4.74 Å². The highest BCUT2D eigenvalue weighted by molar-refractivity contribution is 5.74. The van der Waals surface area contributed by atoms with Gasteiger partial charge in [-0.3, -0.25) is 0 Å². The molecule has 13 heavy (non-hydrogen) atoms. The molecule has 2 amide bonds. The third-order valence-corrected chi connectivity index (χ3v) is 2.39. The number of nitrogens with one attached hydrogen (secondary N) is 2. The molecule has 0 spiro atoms. The third-order valence-electron chi connectivity index (χ3n) is 2.39. The van der Waals surface area contributed by atoms with Gasteiger partial charge in [-0.25, -0.2) is 4.79 Å². The quantitative estimate of drug-likeness (QED) is 0.684. The average molecular weight is 186 g/mol. The molecule has 4 nitrogen and oxygen atoms in total. The molecule has 1 atom stereocenters. The van der Waals surface area contributed by atoms with Gasteiger partial charge in [-0.1, -0.05) is 0 Å². The first-order valence-corrected chi connectivity index (χ1v) is 4.79. The molecular formula is C9H18N2O2. The summed E-state index contributed by atoms with van der Waals surface area (Å²) in [5, 5.41) is 5.65. The fourth-order valence-electron chi connectivity index (χ4n) is 1.11. The van der Waals surface area contributed by atoms with Gasteiger partial charge in [0.15, 0.2) is 0 Å². The molecule has 0 aliphatic heterocycles. The van der Waals surface area contributed by atoms with Crippen LogP contribution in [-0.4, -0.2) is 31.8 Å². The molecule has 76 valence electrons. The third kappa shape index (κ3) is 3.63. The zero-order valence-corrected chi connectivity index (χ0v) is 8.30. The van der Waals surface area contributed by atoms with Gasteiger partial charge in [-0.15, -0.1) is 0 Å². The molecule has 2 N–H and O–H groups in total. The first-order valence-electron chi connectivity index (χ1n) is 4.79. The van der Waals surface area contributed by atoms with Crippen molar-refractivity contribution in [2.24, 2.45) is 0 Å².